The summed E-state index contributed by atoms with van der Waals surface area (Å²) in [6.07, 6.45) is 0.689. The summed E-state index contributed by atoms with van der Waals surface area (Å²) < 4.78 is 31.0. The lowest BCUT2D eigenvalue weighted by molar-refractivity contribution is -0.117. The highest BCUT2D eigenvalue weighted by Gasteiger charge is 2.32. The maximum Gasteiger partial charge on any atom is 0.331 e. The summed E-state index contributed by atoms with van der Waals surface area (Å²) in [5.41, 5.74) is 5.02. The van der Waals surface area contributed by atoms with Crippen LogP contribution in [0.2, 0.25) is 0 Å². The van der Waals surface area contributed by atoms with Crippen LogP contribution in [0.4, 0.5) is 4.79 Å². The first-order valence-corrected chi connectivity index (χ1v) is 8.03. The zero-order valence-corrected chi connectivity index (χ0v) is 13.2. The van der Waals surface area contributed by atoms with Crippen molar-refractivity contribution >= 4 is 22.0 Å². The molecule has 3 amide bonds. The number of para-hydroxylation sites is 1. The lowest BCUT2D eigenvalue weighted by Gasteiger charge is -2.22. The third-order valence-electron chi connectivity index (χ3n) is 2.62. The van der Waals surface area contributed by atoms with E-state index in [1.165, 1.54) is 25.2 Å². The van der Waals surface area contributed by atoms with Gasteiger partial charge in [0.1, 0.15) is 17.2 Å². The fraction of sp³-hybridized carbons (Fsp3) is 0.385. The van der Waals surface area contributed by atoms with Gasteiger partial charge in [-0.25, -0.2) is 17.5 Å². The lowest BCUT2D eigenvalue weighted by atomic mass is 10.3. The monoisotopic (exact) mass is 329 g/mol. The molecular weight excluding hydrogens is 310 g/mol. The highest BCUT2D eigenvalue weighted by atomic mass is 32.2. The molecule has 22 heavy (non-hydrogen) atoms. The van der Waals surface area contributed by atoms with Crippen LogP contribution in [0.1, 0.15) is 13.3 Å². The molecule has 122 valence electrons. The van der Waals surface area contributed by atoms with Crippen LogP contribution in [-0.4, -0.2) is 44.9 Å². The van der Waals surface area contributed by atoms with Crippen LogP contribution in [-0.2, 0) is 14.8 Å². The molecule has 0 bridgehead atoms. The van der Waals surface area contributed by atoms with Crippen LogP contribution in [0.25, 0.3) is 0 Å². The minimum atomic E-state index is -4.27. The van der Waals surface area contributed by atoms with E-state index in [1.807, 2.05) is 6.92 Å². The predicted molar refractivity (Wildman–Crippen MR) is 79.8 cm³/mol. The Labute approximate surface area is 129 Å². The number of carbonyl (C=O) groups is 2. The number of urea groups is 1. The molecule has 0 atom stereocenters. The van der Waals surface area contributed by atoms with Crippen molar-refractivity contribution in [3.63, 3.8) is 0 Å². The van der Waals surface area contributed by atoms with Gasteiger partial charge in [-0.1, -0.05) is 19.1 Å². The Hall–Kier alpha value is -2.29. The summed E-state index contributed by atoms with van der Waals surface area (Å²) in [4.78, 5) is 22.6. The molecular formula is C13H19N3O5S. The van der Waals surface area contributed by atoms with Crippen molar-refractivity contribution < 1.29 is 22.7 Å². The van der Waals surface area contributed by atoms with Crippen molar-refractivity contribution in [1.29, 1.82) is 0 Å². The highest BCUT2D eigenvalue weighted by molar-refractivity contribution is 7.89. The second-order valence-corrected chi connectivity index (χ2v) is 6.16. The fourth-order valence-electron chi connectivity index (χ4n) is 1.65. The summed E-state index contributed by atoms with van der Waals surface area (Å²) >= 11 is 0. The first kappa shape index (κ1) is 17.8. The number of nitrogens with two attached hydrogens (primary N) is 1. The zero-order chi connectivity index (χ0) is 16.8. The third-order valence-corrected chi connectivity index (χ3v) is 4.39. The molecule has 1 rings (SSSR count). The average molecular weight is 329 g/mol. The van der Waals surface area contributed by atoms with Gasteiger partial charge in [0.05, 0.1) is 6.61 Å². The van der Waals surface area contributed by atoms with E-state index in [1.54, 1.807) is 6.07 Å². The maximum atomic E-state index is 12.6. The van der Waals surface area contributed by atoms with Crippen molar-refractivity contribution in [1.82, 2.24) is 9.62 Å². The SMILES string of the molecule is CCCOc1ccccc1S(=O)(=O)N(CC(N)=O)C(=O)NC. The summed E-state index contributed by atoms with van der Waals surface area (Å²) in [6, 6.07) is 4.94. The minimum absolute atomic E-state index is 0.114. The molecule has 9 heteroatoms. The average Bonchev–Trinajstić information content (AvgIpc) is 2.49. The maximum absolute atomic E-state index is 12.6. The number of amides is 3. The summed E-state index contributed by atoms with van der Waals surface area (Å²) in [7, 11) is -3.02. The Morgan fingerprint density at radius 2 is 1.95 bits per heavy atom. The van der Waals surface area contributed by atoms with Crippen LogP contribution in [0.3, 0.4) is 0 Å². The number of ether oxygens (including phenoxy) is 1. The normalized spacial score (nSPS) is 10.8. The van der Waals surface area contributed by atoms with E-state index in [0.29, 0.717) is 17.3 Å². The van der Waals surface area contributed by atoms with Gasteiger partial charge in [-0.3, -0.25) is 4.79 Å². The van der Waals surface area contributed by atoms with Gasteiger partial charge < -0.3 is 15.8 Å². The first-order chi connectivity index (χ1) is 10.3. The van der Waals surface area contributed by atoms with Gasteiger partial charge in [-0.15, -0.1) is 0 Å². The number of nitrogens with zero attached hydrogens (tertiary/aromatic N) is 1. The summed E-state index contributed by atoms with van der Waals surface area (Å²) in [5, 5.41) is 2.17. The minimum Gasteiger partial charge on any atom is -0.492 e. The van der Waals surface area contributed by atoms with Gasteiger partial charge in [0, 0.05) is 7.05 Å². The van der Waals surface area contributed by atoms with Crippen molar-refractivity contribution in [3.8, 4) is 5.75 Å². The Kier molecular flexibility index (Phi) is 6.17. The number of hydrogen-bond acceptors (Lipinski definition) is 5. The van der Waals surface area contributed by atoms with Gasteiger partial charge in [0.25, 0.3) is 10.0 Å². The number of benzene rings is 1. The Balaban J connectivity index is 3.30. The van der Waals surface area contributed by atoms with Gasteiger partial charge in [-0.05, 0) is 18.6 Å². The molecule has 0 aliphatic rings. The second-order valence-electron chi connectivity index (χ2n) is 4.33. The number of sulfonamides is 1. The van der Waals surface area contributed by atoms with Crippen LogP contribution in [0.5, 0.6) is 5.75 Å². The number of hydrogen-bond donors (Lipinski definition) is 2. The highest BCUT2D eigenvalue weighted by Crippen LogP contribution is 2.26. The topological polar surface area (TPSA) is 119 Å². The quantitative estimate of drug-likeness (QED) is 0.745. The van der Waals surface area contributed by atoms with Crippen molar-refractivity contribution in [2.24, 2.45) is 5.73 Å². The molecule has 0 spiro atoms. The van der Waals surface area contributed by atoms with Gasteiger partial charge in [-0.2, -0.15) is 0 Å². The van der Waals surface area contributed by atoms with E-state index >= 15 is 0 Å². The summed E-state index contributed by atoms with van der Waals surface area (Å²) in [5.74, 6) is -0.832. The summed E-state index contributed by atoms with van der Waals surface area (Å²) in [6.45, 7) is 1.44. The van der Waals surface area contributed by atoms with Crippen molar-refractivity contribution in [3.05, 3.63) is 24.3 Å². The lowest BCUT2D eigenvalue weighted by Crippen LogP contribution is -2.46. The standard InChI is InChI=1S/C13H19N3O5S/c1-3-8-21-10-6-4-5-7-11(10)22(19,20)16(9-12(14)17)13(18)15-2/h4-7H,3,8-9H2,1-2H3,(H2,14,17)(H,15,18). The molecule has 0 aromatic heterocycles. The number of nitrogens with one attached hydrogen (secondary N) is 1. The largest absolute Gasteiger partial charge is 0.492 e. The Morgan fingerprint density at radius 3 is 2.50 bits per heavy atom. The van der Waals surface area contributed by atoms with E-state index in [-0.39, 0.29) is 10.6 Å². The van der Waals surface area contributed by atoms with Gasteiger partial charge in [0.15, 0.2) is 0 Å². The Morgan fingerprint density at radius 1 is 1.32 bits per heavy atom. The van der Waals surface area contributed by atoms with Crippen molar-refractivity contribution in [2.45, 2.75) is 18.2 Å². The second kappa shape index (κ2) is 7.64. The van der Waals surface area contributed by atoms with Crippen LogP contribution >= 0.6 is 0 Å². The molecule has 0 saturated carbocycles. The predicted octanol–water partition coefficient (Wildman–Crippen LogP) is 0.291. The van der Waals surface area contributed by atoms with Crippen LogP contribution in [0.15, 0.2) is 29.2 Å². The third kappa shape index (κ3) is 4.10. The molecule has 0 radical (unpaired) electrons. The van der Waals surface area contributed by atoms with Gasteiger partial charge >= 0.3 is 6.03 Å². The zero-order valence-electron chi connectivity index (χ0n) is 12.4. The van der Waals surface area contributed by atoms with E-state index in [9.17, 15) is 18.0 Å². The van der Waals surface area contributed by atoms with E-state index in [4.69, 9.17) is 10.5 Å². The molecule has 1 aromatic rings. The molecule has 3 N–H and O–H groups in total. The number of carbonyl (C=O) groups excluding carboxylic acids is 2. The smallest absolute Gasteiger partial charge is 0.331 e. The van der Waals surface area contributed by atoms with E-state index < -0.39 is 28.5 Å². The van der Waals surface area contributed by atoms with E-state index in [2.05, 4.69) is 5.32 Å². The van der Waals surface area contributed by atoms with Gasteiger partial charge in [0.2, 0.25) is 5.91 Å². The molecule has 1 aromatic carbocycles. The number of rotatable bonds is 7. The number of primary amides is 1. The molecule has 0 aliphatic heterocycles. The molecule has 8 nitrogen and oxygen atoms in total. The van der Waals surface area contributed by atoms with Crippen LogP contribution in [0, 0.1) is 0 Å². The molecule has 0 saturated heterocycles. The Bertz CT molecular complexity index is 645. The fourth-order valence-corrected chi connectivity index (χ4v) is 3.12. The molecule has 0 unspecified atom stereocenters. The molecule has 0 heterocycles. The molecule has 0 aliphatic carbocycles. The van der Waals surface area contributed by atoms with E-state index in [0.717, 1.165) is 0 Å². The van der Waals surface area contributed by atoms with Crippen LogP contribution < -0.4 is 15.8 Å². The molecule has 0 fully saturated rings. The van der Waals surface area contributed by atoms with Crippen molar-refractivity contribution in [2.75, 3.05) is 20.2 Å². The first-order valence-electron chi connectivity index (χ1n) is 6.59.